The van der Waals surface area contributed by atoms with Crippen LogP contribution in [0.3, 0.4) is 0 Å². The topological polar surface area (TPSA) is 31.9 Å². The van der Waals surface area contributed by atoms with Crippen LogP contribution >= 0.6 is 11.8 Å². The minimum atomic E-state index is -0.210. The fraction of sp³-hybridized carbons (Fsp3) is 0.318. The summed E-state index contributed by atoms with van der Waals surface area (Å²) in [6, 6.07) is 15.6. The number of benzene rings is 2. The van der Waals surface area contributed by atoms with Crippen LogP contribution in [0, 0.1) is 5.82 Å². The summed E-state index contributed by atoms with van der Waals surface area (Å²) in [5, 5.41) is 7.45. The molecule has 0 amide bonds. The van der Waals surface area contributed by atoms with Gasteiger partial charge in [-0.15, -0.1) is 11.8 Å². The summed E-state index contributed by atoms with van der Waals surface area (Å²) >= 11 is 1.77. The number of likely N-dealkylation sites (tertiary alicyclic amines) is 1. The number of hydrogen-bond donors (Lipinski definition) is 1. The van der Waals surface area contributed by atoms with E-state index in [-0.39, 0.29) is 5.82 Å². The molecule has 2 aromatic carbocycles. The second-order valence-electron chi connectivity index (χ2n) is 7.13. The fourth-order valence-electron chi connectivity index (χ4n) is 3.92. The predicted octanol–water partition coefficient (Wildman–Crippen LogP) is 5.32. The second kappa shape index (κ2) is 8.28. The quantitative estimate of drug-likeness (QED) is 0.607. The Labute approximate surface area is 164 Å². The molecule has 0 bridgehead atoms. The van der Waals surface area contributed by atoms with Crippen molar-refractivity contribution in [3.63, 3.8) is 0 Å². The summed E-state index contributed by atoms with van der Waals surface area (Å²) in [7, 11) is 0. The molecule has 27 heavy (non-hydrogen) atoms. The molecule has 1 aliphatic heterocycles. The largest absolute Gasteiger partial charge is 0.298 e. The van der Waals surface area contributed by atoms with Crippen LogP contribution in [0.15, 0.2) is 59.6 Å². The predicted molar refractivity (Wildman–Crippen MR) is 109 cm³/mol. The molecule has 2 heterocycles. The molecule has 4 rings (SSSR count). The first-order valence-electron chi connectivity index (χ1n) is 9.37. The van der Waals surface area contributed by atoms with Crippen LogP contribution in [0.25, 0.3) is 11.1 Å². The number of rotatable bonds is 5. The van der Waals surface area contributed by atoms with Crippen LogP contribution in [-0.4, -0.2) is 34.4 Å². The first-order chi connectivity index (χ1) is 13.2. The first-order valence-corrected chi connectivity index (χ1v) is 10.6. The van der Waals surface area contributed by atoms with E-state index in [9.17, 15) is 4.39 Å². The number of H-pyrrole nitrogens is 1. The number of nitrogens with one attached hydrogen (secondary N) is 1. The van der Waals surface area contributed by atoms with Crippen molar-refractivity contribution in [1.82, 2.24) is 15.1 Å². The first kappa shape index (κ1) is 18.3. The summed E-state index contributed by atoms with van der Waals surface area (Å²) in [4.78, 5) is 3.81. The van der Waals surface area contributed by atoms with Gasteiger partial charge in [-0.2, -0.15) is 5.10 Å². The lowest BCUT2D eigenvalue weighted by molar-refractivity contribution is 0.198. The van der Waals surface area contributed by atoms with Crippen LogP contribution < -0.4 is 0 Å². The zero-order valence-electron chi connectivity index (χ0n) is 15.5. The number of nitrogens with zero attached hydrogens (tertiary/aromatic N) is 2. The van der Waals surface area contributed by atoms with E-state index < -0.39 is 0 Å². The summed E-state index contributed by atoms with van der Waals surface area (Å²) in [5.41, 5.74) is 4.39. The summed E-state index contributed by atoms with van der Waals surface area (Å²) < 4.78 is 13.7. The Balaban J connectivity index is 1.49. The molecule has 1 saturated heterocycles. The molecule has 0 saturated carbocycles. The smallest absolute Gasteiger partial charge is 0.123 e. The Morgan fingerprint density at radius 2 is 2.07 bits per heavy atom. The molecule has 140 valence electrons. The Morgan fingerprint density at radius 1 is 1.22 bits per heavy atom. The van der Waals surface area contributed by atoms with E-state index in [1.54, 1.807) is 23.9 Å². The van der Waals surface area contributed by atoms with Crippen molar-refractivity contribution >= 4 is 11.8 Å². The van der Waals surface area contributed by atoms with Gasteiger partial charge in [0.1, 0.15) is 5.82 Å². The van der Waals surface area contributed by atoms with Gasteiger partial charge < -0.3 is 0 Å². The van der Waals surface area contributed by atoms with Crippen molar-refractivity contribution in [2.45, 2.75) is 30.2 Å². The van der Waals surface area contributed by atoms with E-state index >= 15 is 0 Å². The highest BCUT2D eigenvalue weighted by Crippen LogP contribution is 2.33. The van der Waals surface area contributed by atoms with E-state index in [2.05, 4.69) is 45.6 Å². The third kappa shape index (κ3) is 4.25. The molecule has 0 radical (unpaired) electrons. The second-order valence-corrected chi connectivity index (χ2v) is 8.01. The highest BCUT2D eigenvalue weighted by Gasteiger charge is 2.25. The molecule has 1 aliphatic rings. The van der Waals surface area contributed by atoms with Crippen molar-refractivity contribution < 1.29 is 4.39 Å². The molecule has 0 spiro atoms. The Kier molecular flexibility index (Phi) is 5.60. The highest BCUT2D eigenvalue weighted by atomic mass is 32.2. The lowest BCUT2D eigenvalue weighted by atomic mass is 9.90. The van der Waals surface area contributed by atoms with Crippen LogP contribution in [0.2, 0.25) is 0 Å². The van der Waals surface area contributed by atoms with E-state index in [0.29, 0.717) is 5.92 Å². The minimum absolute atomic E-state index is 0.210. The number of aromatic nitrogens is 2. The molecule has 1 aromatic heterocycles. The molecular weight excluding hydrogens is 357 g/mol. The normalized spacial score (nSPS) is 17.9. The van der Waals surface area contributed by atoms with Gasteiger partial charge in [-0.25, -0.2) is 4.39 Å². The van der Waals surface area contributed by atoms with E-state index in [4.69, 9.17) is 0 Å². The maximum Gasteiger partial charge on any atom is 0.123 e. The van der Waals surface area contributed by atoms with Gasteiger partial charge in [-0.1, -0.05) is 24.3 Å². The minimum Gasteiger partial charge on any atom is -0.298 e. The standard InChI is InChI=1S/C22H24FN3S/c1-27-20-9-7-16(8-10-20)14-26-11-3-5-18(15-26)22-21(13-24-25-22)17-4-2-6-19(23)12-17/h2,4,6-10,12-13,18H,3,5,11,14-15H2,1H3,(H,24,25). The maximum absolute atomic E-state index is 13.7. The lowest BCUT2D eigenvalue weighted by Crippen LogP contribution is -2.34. The average Bonchev–Trinajstić information content (AvgIpc) is 3.19. The van der Waals surface area contributed by atoms with Crippen molar-refractivity contribution in [3.05, 3.63) is 71.8 Å². The van der Waals surface area contributed by atoms with Gasteiger partial charge in [-0.3, -0.25) is 10.00 Å². The molecule has 1 atom stereocenters. The van der Waals surface area contributed by atoms with Crippen molar-refractivity contribution in [2.75, 3.05) is 19.3 Å². The monoisotopic (exact) mass is 381 g/mol. The molecule has 5 heteroatoms. The third-order valence-electron chi connectivity index (χ3n) is 5.28. The van der Waals surface area contributed by atoms with Crippen LogP contribution in [0.1, 0.15) is 30.0 Å². The summed E-state index contributed by atoms with van der Waals surface area (Å²) in [5.74, 6) is 0.184. The van der Waals surface area contributed by atoms with Crippen molar-refractivity contribution in [1.29, 1.82) is 0 Å². The number of hydrogen-bond acceptors (Lipinski definition) is 3. The Morgan fingerprint density at radius 3 is 2.85 bits per heavy atom. The average molecular weight is 382 g/mol. The van der Waals surface area contributed by atoms with E-state index in [1.807, 2.05) is 12.3 Å². The zero-order chi connectivity index (χ0) is 18.6. The number of halogens is 1. The van der Waals surface area contributed by atoms with Gasteiger partial charge in [0, 0.05) is 35.2 Å². The van der Waals surface area contributed by atoms with E-state index in [0.717, 1.165) is 49.3 Å². The van der Waals surface area contributed by atoms with E-state index in [1.165, 1.54) is 16.5 Å². The summed E-state index contributed by atoms with van der Waals surface area (Å²) in [6.07, 6.45) is 6.22. The molecule has 1 N–H and O–H groups in total. The maximum atomic E-state index is 13.7. The van der Waals surface area contributed by atoms with Crippen molar-refractivity contribution in [3.8, 4) is 11.1 Å². The van der Waals surface area contributed by atoms with Gasteiger partial charge in [-0.05, 0) is 61.0 Å². The van der Waals surface area contributed by atoms with Gasteiger partial charge in [0.15, 0.2) is 0 Å². The lowest BCUT2D eigenvalue weighted by Gasteiger charge is -2.32. The highest BCUT2D eigenvalue weighted by molar-refractivity contribution is 7.98. The van der Waals surface area contributed by atoms with Crippen molar-refractivity contribution in [2.24, 2.45) is 0 Å². The number of thioether (sulfide) groups is 1. The number of aromatic amines is 1. The molecule has 0 aliphatic carbocycles. The van der Waals surface area contributed by atoms with Gasteiger partial charge in [0.25, 0.3) is 0 Å². The number of piperidine rings is 1. The van der Waals surface area contributed by atoms with Gasteiger partial charge >= 0.3 is 0 Å². The third-order valence-corrected chi connectivity index (χ3v) is 6.03. The van der Waals surface area contributed by atoms with Crippen LogP contribution in [-0.2, 0) is 6.54 Å². The Hall–Kier alpha value is -2.11. The molecule has 1 unspecified atom stereocenters. The molecule has 1 fully saturated rings. The van der Waals surface area contributed by atoms with Crippen LogP contribution in [0.4, 0.5) is 4.39 Å². The molecular formula is C22H24FN3S. The zero-order valence-corrected chi connectivity index (χ0v) is 16.3. The molecule has 3 nitrogen and oxygen atoms in total. The molecule has 3 aromatic rings. The summed E-state index contributed by atoms with van der Waals surface area (Å²) in [6.45, 7) is 3.08. The van der Waals surface area contributed by atoms with Gasteiger partial charge in [0.05, 0.1) is 6.20 Å². The van der Waals surface area contributed by atoms with Crippen LogP contribution in [0.5, 0.6) is 0 Å². The Bertz CT molecular complexity index is 891. The fourth-order valence-corrected chi connectivity index (χ4v) is 4.33. The SMILES string of the molecule is CSc1ccc(CN2CCCC(c3[nH]ncc3-c3cccc(F)c3)C2)cc1. The van der Waals surface area contributed by atoms with Gasteiger partial charge in [0.2, 0.25) is 0 Å².